The summed E-state index contributed by atoms with van der Waals surface area (Å²) in [4.78, 5) is 4.26. The van der Waals surface area contributed by atoms with Crippen molar-refractivity contribution in [3.63, 3.8) is 0 Å². The molecule has 0 aliphatic heterocycles. The maximum atomic E-state index is 4.26. The van der Waals surface area contributed by atoms with Crippen LogP contribution in [0, 0.1) is 10.5 Å². The van der Waals surface area contributed by atoms with E-state index in [4.69, 9.17) is 0 Å². The Labute approximate surface area is 126 Å². The van der Waals surface area contributed by atoms with E-state index in [2.05, 4.69) is 54.0 Å². The lowest BCUT2D eigenvalue weighted by Gasteiger charge is -1.98. The van der Waals surface area contributed by atoms with Gasteiger partial charge in [-0.15, -0.1) is 11.3 Å². The van der Waals surface area contributed by atoms with Gasteiger partial charge in [-0.2, -0.15) is 5.10 Å². The number of nitrogens with zero attached hydrogens (tertiary/aromatic N) is 2. The Morgan fingerprint density at radius 3 is 3.00 bits per heavy atom. The number of nitrogens with one attached hydrogen (secondary N) is 1. The Hall–Kier alpha value is -0.470. The molecule has 1 aromatic heterocycles. The lowest BCUT2D eigenvalue weighted by atomic mass is 10.2. The quantitative estimate of drug-likeness (QED) is 0.456. The molecule has 1 heterocycles. The molecule has 2 rings (SSSR count). The predicted molar refractivity (Wildman–Crippen MR) is 84.9 cm³/mol. The molecule has 88 valence electrons. The molecule has 0 amide bonds. The van der Waals surface area contributed by atoms with E-state index < -0.39 is 0 Å². The van der Waals surface area contributed by atoms with Gasteiger partial charge < -0.3 is 0 Å². The van der Waals surface area contributed by atoms with Crippen LogP contribution in [0.15, 0.2) is 33.2 Å². The molecule has 17 heavy (non-hydrogen) atoms. The molecule has 1 aromatic carbocycles. The molecule has 1 N–H and O–H groups in total. The van der Waals surface area contributed by atoms with Gasteiger partial charge in [0, 0.05) is 13.4 Å². The van der Waals surface area contributed by atoms with Crippen molar-refractivity contribution < 1.29 is 0 Å². The summed E-state index contributed by atoms with van der Waals surface area (Å²) >= 11 is 7.31. The molecule has 0 saturated carbocycles. The summed E-state index contributed by atoms with van der Waals surface area (Å²) < 4.78 is 2.26. The molecular weight excluding hydrogens is 413 g/mol. The lowest BCUT2D eigenvalue weighted by molar-refractivity contribution is 1.22. The summed E-state index contributed by atoms with van der Waals surface area (Å²) in [6.45, 7) is 1.96. The molecule has 0 fully saturated rings. The van der Waals surface area contributed by atoms with Crippen molar-refractivity contribution in [3.8, 4) is 0 Å². The van der Waals surface area contributed by atoms with Gasteiger partial charge in [0.2, 0.25) is 5.13 Å². The molecular formula is C11H9BrIN3S. The highest BCUT2D eigenvalue weighted by atomic mass is 127. The molecule has 0 aliphatic carbocycles. The molecule has 0 unspecified atom stereocenters. The van der Waals surface area contributed by atoms with Gasteiger partial charge in [-0.05, 0) is 63.1 Å². The minimum absolute atomic E-state index is 0.809. The van der Waals surface area contributed by atoms with Gasteiger partial charge in [-0.3, -0.25) is 5.43 Å². The van der Waals surface area contributed by atoms with Gasteiger partial charge in [0.05, 0.1) is 11.9 Å². The van der Waals surface area contributed by atoms with Crippen molar-refractivity contribution in [2.45, 2.75) is 6.92 Å². The smallest absolute Gasteiger partial charge is 0.203 e. The number of hydrogen-bond acceptors (Lipinski definition) is 4. The minimum Gasteiger partial charge on any atom is -0.253 e. The van der Waals surface area contributed by atoms with Crippen LogP contribution < -0.4 is 5.43 Å². The fraction of sp³-hybridized carbons (Fsp3) is 0.0909. The van der Waals surface area contributed by atoms with Crippen molar-refractivity contribution in [2.75, 3.05) is 5.43 Å². The average Bonchev–Trinajstić information content (AvgIpc) is 2.70. The second kappa shape index (κ2) is 5.92. The Morgan fingerprint density at radius 2 is 2.35 bits per heavy atom. The predicted octanol–water partition coefficient (Wildman–Crippen LogP) is 4.26. The zero-order valence-corrected chi connectivity index (χ0v) is 13.5. The van der Waals surface area contributed by atoms with Crippen LogP contribution in [0.25, 0.3) is 0 Å². The standard InChI is InChI=1S/C11H9BrIN3S/c1-7-6-17-11(15-7)16-14-5-8-2-3-10(13)9(12)4-8/h2-6H,1H3,(H,15,16). The summed E-state index contributed by atoms with van der Waals surface area (Å²) in [7, 11) is 0. The number of aromatic nitrogens is 1. The third-order valence-corrected chi connectivity index (χ3v) is 5.14. The summed E-state index contributed by atoms with van der Waals surface area (Å²) in [6, 6.07) is 6.09. The van der Waals surface area contributed by atoms with E-state index in [9.17, 15) is 0 Å². The van der Waals surface area contributed by atoms with Crippen molar-refractivity contribution in [2.24, 2.45) is 5.10 Å². The molecule has 0 spiro atoms. The highest BCUT2D eigenvalue weighted by molar-refractivity contribution is 14.1. The number of benzene rings is 1. The fourth-order valence-electron chi connectivity index (χ4n) is 1.16. The van der Waals surface area contributed by atoms with Crippen molar-refractivity contribution in [3.05, 3.63) is 42.9 Å². The first-order valence-corrected chi connectivity index (χ1v) is 7.56. The highest BCUT2D eigenvalue weighted by Gasteiger charge is 1.97. The van der Waals surface area contributed by atoms with E-state index in [-0.39, 0.29) is 0 Å². The second-order valence-electron chi connectivity index (χ2n) is 3.34. The maximum absolute atomic E-state index is 4.26. The molecule has 0 bridgehead atoms. The monoisotopic (exact) mass is 421 g/mol. The van der Waals surface area contributed by atoms with E-state index in [1.807, 2.05) is 30.5 Å². The largest absolute Gasteiger partial charge is 0.253 e. The van der Waals surface area contributed by atoms with Crippen LogP contribution >= 0.6 is 49.9 Å². The Balaban J connectivity index is 2.03. The third kappa shape index (κ3) is 3.75. The molecule has 0 saturated heterocycles. The van der Waals surface area contributed by atoms with Crippen LogP contribution in [0.1, 0.15) is 11.3 Å². The number of rotatable bonds is 3. The van der Waals surface area contributed by atoms with Crippen LogP contribution in [0.5, 0.6) is 0 Å². The summed E-state index contributed by atoms with van der Waals surface area (Å²) in [6.07, 6.45) is 1.78. The average molecular weight is 422 g/mol. The van der Waals surface area contributed by atoms with Gasteiger partial charge in [0.15, 0.2) is 0 Å². The SMILES string of the molecule is Cc1csc(NN=Cc2ccc(I)c(Br)c2)n1. The van der Waals surface area contributed by atoms with Gasteiger partial charge in [-0.25, -0.2) is 4.98 Å². The first-order chi connectivity index (χ1) is 8.15. The maximum Gasteiger partial charge on any atom is 0.203 e. The number of thiazole rings is 1. The van der Waals surface area contributed by atoms with Crippen LogP contribution in [0.4, 0.5) is 5.13 Å². The molecule has 3 nitrogen and oxygen atoms in total. The van der Waals surface area contributed by atoms with Gasteiger partial charge in [0.1, 0.15) is 0 Å². The number of hydrazone groups is 1. The molecule has 0 atom stereocenters. The Bertz CT molecular complexity index is 553. The first kappa shape index (κ1) is 13.0. The van der Waals surface area contributed by atoms with Gasteiger partial charge in [-0.1, -0.05) is 6.07 Å². The van der Waals surface area contributed by atoms with Crippen LogP contribution in [-0.2, 0) is 0 Å². The zero-order valence-electron chi connectivity index (χ0n) is 8.95. The summed E-state index contributed by atoms with van der Waals surface area (Å²) in [5.74, 6) is 0. The number of aryl methyl sites for hydroxylation is 1. The minimum atomic E-state index is 0.809. The number of halogens is 2. The normalized spacial score (nSPS) is 11.0. The van der Waals surface area contributed by atoms with Gasteiger partial charge >= 0.3 is 0 Å². The fourth-order valence-corrected chi connectivity index (χ4v) is 2.53. The topological polar surface area (TPSA) is 37.3 Å². The lowest BCUT2D eigenvalue weighted by Crippen LogP contribution is -1.90. The van der Waals surface area contributed by atoms with E-state index in [1.54, 1.807) is 17.6 Å². The zero-order chi connectivity index (χ0) is 12.3. The molecule has 0 aliphatic rings. The van der Waals surface area contributed by atoms with E-state index in [0.29, 0.717) is 0 Å². The van der Waals surface area contributed by atoms with Crippen molar-refractivity contribution >= 4 is 61.2 Å². The molecule has 0 radical (unpaired) electrons. The van der Waals surface area contributed by atoms with Crippen LogP contribution in [0.3, 0.4) is 0 Å². The summed E-state index contributed by atoms with van der Waals surface area (Å²) in [5.41, 5.74) is 4.95. The molecule has 2 aromatic rings. The molecule has 6 heteroatoms. The number of anilines is 1. The van der Waals surface area contributed by atoms with Crippen LogP contribution in [0.2, 0.25) is 0 Å². The van der Waals surface area contributed by atoms with E-state index in [1.165, 1.54) is 3.57 Å². The third-order valence-electron chi connectivity index (χ3n) is 1.94. The van der Waals surface area contributed by atoms with Gasteiger partial charge in [0.25, 0.3) is 0 Å². The highest BCUT2D eigenvalue weighted by Crippen LogP contribution is 2.19. The van der Waals surface area contributed by atoms with Crippen molar-refractivity contribution in [1.82, 2.24) is 4.98 Å². The Morgan fingerprint density at radius 1 is 1.53 bits per heavy atom. The van der Waals surface area contributed by atoms with E-state index in [0.717, 1.165) is 20.9 Å². The Kier molecular flexibility index (Phi) is 4.52. The van der Waals surface area contributed by atoms with E-state index >= 15 is 0 Å². The van der Waals surface area contributed by atoms with Crippen LogP contribution in [-0.4, -0.2) is 11.2 Å². The number of hydrogen-bond donors (Lipinski definition) is 1. The second-order valence-corrected chi connectivity index (χ2v) is 6.21. The first-order valence-electron chi connectivity index (χ1n) is 4.81. The van der Waals surface area contributed by atoms with Crippen molar-refractivity contribution in [1.29, 1.82) is 0 Å². The summed E-state index contributed by atoms with van der Waals surface area (Å²) in [5, 5.41) is 6.94.